The lowest BCUT2D eigenvalue weighted by Crippen LogP contribution is -2.19. The first-order valence-electron chi connectivity index (χ1n) is 3.53. The summed E-state index contributed by atoms with van der Waals surface area (Å²) in [7, 11) is 1.74. The average Bonchev–Trinajstić information content (AvgIpc) is 1.89. The third kappa shape index (κ3) is 5.58. The van der Waals surface area contributed by atoms with E-state index in [0.717, 1.165) is 6.42 Å². The molecule has 10 heavy (non-hydrogen) atoms. The van der Waals surface area contributed by atoms with Crippen LogP contribution in [0.15, 0.2) is 0 Å². The van der Waals surface area contributed by atoms with E-state index < -0.39 is 6.17 Å². The van der Waals surface area contributed by atoms with E-state index in [4.69, 9.17) is 6.42 Å². The summed E-state index contributed by atoms with van der Waals surface area (Å²) >= 11 is 0. The molecule has 0 aliphatic heterocycles. The van der Waals surface area contributed by atoms with Crippen LogP contribution in [0.25, 0.3) is 0 Å². The van der Waals surface area contributed by atoms with Crippen molar-refractivity contribution in [3.8, 4) is 12.3 Å². The molecule has 0 aromatic heterocycles. The predicted octanol–water partition coefficient (Wildman–Crippen LogP) is 1.35. The van der Waals surface area contributed by atoms with Crippen LogP contribution in [0.3, 0.4) is 0 Å². The monoisotopic (exact) mass is 143 g/mol. The third-order valence-corrected chi connectivity index (χ3v) is 1.26. The van der Waals surface area contributed by atoms with Crippen molar-refractivity contribution in [1.82, 2.24) is 5.32 Å². The molecule has 0 aliphatic carbocycles. The van der Waals surface area contributed by atoms with Crippen LogP contribution < -0.4 is 5.32 Å². The van der Waals surface area contributed by atoms with E-state index in [0.29, 0.717) is 19.4 Å². The molecule has 0 rings (SSSR count). The van der Waals surface area contributed by atoms with Gasteiger partial charge in [-0.1, -0.05) is 0 Å². The maximum atomic E-state index is 12.6. The summed E-state index contributed by atoms with van der Waals surface area (Å²) in [4.78, 5) is 0. The second kappa shape index (κ2) is 6.57. The van der Waals surface area contributed by atoms with Crippen molar-refractivity contribution in [2.45, 2.75) is 25.4 Å². The van der Waals surface area contributed by atoms with Crippen molar-refractivity contribution in [3.05, 3.63) is 0 Å². The largest absolute Gasteiger partial charge is 0.317 e. The first kappa shape index (κ1) is 9.45. The Morgan fingerprint density at radius 1 is 1.70 bits per heavy atom. The fraction of sp³-hybridized carbons (Fsp3) is 0.750. The average molecular weight is 143 g/mol. The van der Waals surface area contributed by atoms with Crippen LogP contribution in [0.4, 0.5) is 4.39 Å². The van der Waals surface area contributed by atoms with Gasteiger partial charge in [-0.3, -0.25) is 0 Å². The highest BCUT2D eigenvalue weighted by Gasteiger charge is 2.02. The zero-order chi connectivity index (χ0) is 7.82. The molecule has 0 saturated heterocycles. The molecule has 0 radical (unpaired) electrons. The lowest BCUT2D eigenvalue weighted by molar-refractivity contribution is 0.303. The Bertz CT molecular complexity index is 106. The van der Waals surface area contributed by atoms with Crippen LogP contribution in [0.2, 0.25) is 0 Å². The molecule has 1 atom stereocenters. The number of nitrogens with one attached hydrogen (secondary N) is 1. The first-order chi connectivity index (χ1) is 4.81. The van der Waals surface area contributed by atoms with Crippen molar-refractivity contribution in [3.63, 3.8) is 0 Å². The quantitative estimate of drug-likeness (QED) is 0.452. The smallest absolute Gasteiger partial charge is 0.113 e. The number of terminal acetylenes is 1. The van der Waals surface area contributed by atoms with Gasteiger partial charge >= 0.3 is 0 Å². The molecule has 2 heteroatoms. The van der Waals surface area contributed by atoms with Gasteiger partial charge in [0.1, 0.15) is 6.17 Å². The Hall–Kier alpha value is -0.550. The lowest BCUT2D eigenvalue weighted by Gasteiger charge is -2.04. The van der Waals surface area contributed by atoms with Crippen LogP contribution in [0, 0.1) is 12.3 Å². The van der Waals surface area contributed by atoms with E-state index in [2.05, 4.69) is 11.2 Å². The summed E-state index contributed by atoms with van der Waals surface area (Å²) in [6.45, 7) is 0.435. The fourth-order valence-electron chi connectivity index (χ4n) is 0.749. The van der Waals surface area contributed by atoms with Gasteiger partial charge in [0, 0.05) is 13.0 Å². The van der Waals surface area contributed by atoms with Gasteiger partial charge in [0.25, 0.3) is 0 Å². The first-order valence-corrected chi connectivity index (χ1v) is 3.53. The summed E-state index contributed by atoms with van der Waals surface area (Å²) in [6.07, 6.45) is 6.31. The molecule has 1 N–H and O–H groups in total. The number of halogens is 1. The van der Waals surface area contributed by atoms with Gasteiger partial charge in [-0.2, -0.15) is 0 Å². The van der Waals surface area contributed by atoms with Gasteiger partial charge in [0.05, 0.1) is 0 Å². The minimum Gasteiger partial charge on any atom is -0.317 e. The van der Waals surface area contributed by atoms with Gasteiger partial charge < -0.3 is 5.32 Å². The predicted molar refractivity (Wildman–Crippen MR) is 41.5 cm³/mol. The minimum absolute atomic E-state index is 0.435. The van der Waals surface area contributed by atoms with Crippen LogP contribution in [-0.2, 0) is 0 Å². The molecule has 1 nitrogen and oxygen atoms in total. The van der Waals surface area contributed by atoms with Crippen LogP contribution >= 0.6 is 0 Å². The molecular weight excluding hydrogens is 129 g/mol. The molecule has 0 spiro atoms. The summed E-state index contributed by atoms with van der Waals surface area (Å²) in [5, 5.41) is 2.77. The molecule has 0 unspecified atom stereocenters. The number of unbranched alkanes of at least 4 members (excludes halogenated alkanes) is 1. The second-order valence-corrected chi connectivity index (χ2v) is 2.25. The Morgan fingerprint density at radius 2 is 2.40 bits per heavy atom. The van der Waals surface area contributed by atoms with E-state index in [1.807, 2.05) is 0 Å². The van der Waals surface area contributed by atoms with Crippen LogP contribution in [0.5, 0.6) is 0 Å². The summed E-state index contributed by atoms with van der Waals surface area (Å²) in [5.41, 5.74) is 0. The molecule has 0 aliphatic rings. The molecular formula is C8H14FN. The SMILES string of the molecule is C#CCCC[C@@H](F)CNC. The molecule has 0 heterocycles. The van der Waals surface area contributed by atoms with E-state index in [1.54, 1.807) is 7.05 Å². The van der Waals surface area contributed by atoms with Crippen molar-refractivity contribution in [2.75, 3.05) is 13.6 Å². The van der Waals surface area contributed by atoms with Crippen molar-refractivity contribution < 1.29 is 4.39 Å². The van der Waals surface area contributed by atoms with Gasteiger partial charge in [0.2, 0.25) is 0 Å². The molecule has 0 aromatic rings. The summed E-state index contributed by atoms with van der Waals surface area (Å²) in [5.74, 6) is 2.48. The highest BCUT2D eigenvalue weighted by atomic mass is 19.1. The Labute approximate surface area is 62.0 Å². The highest BCUT2D eigenvalue weighted by molar-refractivity contribution is 4.83. The number of hydrogen-bond donors (Lipinski definition) is 1. The van der Waals surface area contributed by atoms with E-state index in [1.165, 1.54) is 0 Å². The molecule has 0 saturated carbocycles. The zero-order valence-corrected chi connectivity index (χ0v) is 6.36. The number of hydrogen-bond acceptors (Lipinski definition) is 1. The number of rotatable bonds is 5. The fourth-order valence-corrected chi connectivity index (χ4v) is 0.749. The van der Waals surface area contributed by atoms with Gasteiger partial charge in [-0.05, 0) is 19.9 Å². The van der Waals surface area contributed by atoms with Gasteiger partial charge in [-0.25, -0.2) is 4.39 Å². The molecule has 58 valence electrons. The number of alkyl halides is 1. The zero-order valence-electron chi connectivity index (χ0n) is 6.36. The highest BCUT2D eigenvalue weighted by Crippen LogP contribution is 2.02. The maximum Gasteiger partial charge on any atom is 0.113 e. The van der Waals surface area contributed by atoms with E-state index in [-0.39, 0.29) is 0 Å². The Balaban J connectivity index is 3.06. The Kier molecular flexibility index (Phi) is 6.21. The molecule has 0 amide bonds. The summed E-state index contributed by atoms with van der Waals surface area (Å²) in [6, 6.07) is 0. The minimum atomic E-state index is -0.738. The lowest BCUT2D eigenvalue weighted by atomic mass is 10.2. The standard InChI is InChI=1S/C8H14FN/c1-3-4-5-6-8(9)7-10-2/h1,8,10H,4-7H2,2H3/t8-/m1/s1. The van der Waals surface area contributed by atoms with E-state index >= 15 is 0 Å². The van der Waals surface area contributed by atoms with Crippen LogP contribution in [0.1, 0.15) is 19.3 Å². The summed E-state index contributed by atoms with van der Waals surface area (Å²) < 4.78 is 12.6. The molecule has 0 bridgehead atoms. The Morgan fingerprint density at radius 3 is 2.90 bits per heavy atom. The van der Waals surface area contributed by atoms with Crippen molar-refractivity contribution in [2.24, 2.45) is 0 Å². The molecule has 0 aromatic carbocycles. The maximum absolute atomic E-state index is 12.6. The van der Waals surface area contributed by atoms with Gasteiger partial charge in [-0.15, -0.1) is 12.3 Å². The normalized spacial score (nSPS) is 12.5. The third-order valence-electron chi connectivity index (χ3n) is 1.26. The second-order valence-electron chi connectivity index (χ2n) is 2.25. The topological polar surface area (TPSA) is 12.0 Å². The van der Waals surface area contributed by atoms with Crippen molar-refractivity contribution in [1.29, 1.82) is 0 Å². The van der Waals surface area contributed by atoms with Gasteiger partial charge in [0.15, 0.2) is 0 Å². The van der Waals surface area contributed by atoms with Crippen LogP contribution in [-0.4, -0.2) is 19.8 Å². The molecule has 0 fully saturated rings. The van der Waals surface area contributed by atoms with E-state index in [9.17, 15) is 4.39 Å². The van der Waals surface area contributed by atoms with Crippen molar-refractivity contribution >= 4 is 0 Å².